The second-order valence-corrected chi connectivity index (χ2v) is 4.85. The van der Waals surface area contributed by atoms with Crippen LogP contribution in [0.2, 0.25) is 5.02 Å². The molecule has 5 nitrogen and oxygen atoms in total. The molecule has 0 saturated heterocycles. The fourth-order valence-electron chi connectivity index (χ4n) is 1.71. The average Bonchev–Trinajstić information content (AvgIpc) is 2.48. The molecule has 0 heterocycles. The molecular weight excluding hydrogens is 306 g/mol. The van der Waals surface area contributed by atoms with E-state index in [9.17, 15) is 14.7 Å². The topological polar surface area (TPSA) is 86.6 Å². The number of aromatic hydroxyl groups is 1. The predicted octanol–water partition coefficient (Wildman–Crippen LogP) is 3.40. The van der Waals surface area contributed by atoms with Crippen molar-refractivity contribution < 1.29 is 19.8 Å². The minimum atomic E-state index is -1.27. The maximum Gasteiger partial charge on any atom is 0.339 e. The molecule has 0 unspecified atom stereocenters. The highest BCUT2D eigenvalue weighted by molar-refractivity contribution is 6.30. The summed E-state index contributed by atoms with van der Waals surface area (Å²) >= 11 is 5.76. The molecule has 0 bridgehead atoms. The maximum atomic E-state index is 11.8. The van der Waals surface area contributed by atoms with Gasteiger partial charge >= 0.3 is 5.97 Å². The lowest BCUT2D eigenvalue weighted by Crippen LogP contribution is -2.08. The van der Waals surface area contributed by atoms with Crippen LogP contribution in [0.1, 0.15) is 15.9 Å². The highest BCUT2D eigenvalue weighted by Gasteiger charge is 2.10. The minimum Gasteiger partial charge on any atom is -0.507 e. The SMILES string of the molecule is O=C(/C=C/c1ccc(Cl)cc1)Nc1ccc(O)c(C(=O)O)c1. The fraction of sp³-hybridized carbons (Fsp3) is 0. The van der Waals surface area contributed by atoms with Crippen LogP contribution in [-0.2, 0) is 4.79 Å². The van der Waals surface area contributed by atoms with Crippen molar-refractivity contribution in [2.45, 2.75) is 0 Å². The van der Waals surface area contributed by atoms with Crippen LogP contribution in [0.15, 0.2) is 48.5 Å². The number of anilines is 1. The van der Waals surface area contributed by atoms with Crippen LogP contribution < -0.4 is 5.32 Å². The number of carbonyl (C=O) groups excluding carboxylic acids is 1. The van der Waals surface area contributed by atoms with Gasteiger partial charge in [0.05, 0.1) is 0 Å². The lowest BCUT2D eigenvalue weighted by Gasteiger charge is -2.05. The van der Waals surface area contributed by atoms with Gasteiger partial charge in [0.25, 0.3) is 0 Å². The van der Waals surface area contributed by atoms with E-state index in [2.05, 4.69) is 5.32 Å². The van der Waals surface area contributed by atoms with E-state index in [1.165, 1.54) is 24.3 Å². The molecule has 112 valence electrons. The lowest BCUT2D eigenvalue weighted by molar-refractivity contribution is -0.111. The van der Waals surface area contributed by atoms with Crippen LogP contribution in [0.4, 0.5) is 5.69 Å². The molecule has 22 heavy (non-hydrogen) atoms. The molecule has 6 heteroatoms. The standard InChI is InChI=1S/C16H12ClNO4/c17-11-4-1-10(2-5-11)3-8-15(20)18-12-6-7-14(19)13(9-12)16(21)22/h1-9,19H,(H,18,20)(H,21,22)/b8-3+. The zero-order valence-corrected chi connectivity index (χ0v) is 12.0. The summed E-state index contributed by atoms with van der Waals surface area (Å²) in [6.07, 6.45) is 2.92. The number of carboxylic acid groups (broad SMARTS) is 1. The van der Waals surface area contributed by atoms with Gasteiger partial charge in [-0.25, -0.2) is 4.79 Å². The van der Waals surface area contributed by atoms with E-state index < -0.39 is 11.9 Å². The van der Waals surface area contributed by atoms with Crippen molar-refractivity contribution in [1.29, 1.82) is 0 Å². The zero-order valence-electron chi connectivity index (χ0n) is 11.3. The number of aromatic carboxylic acids is 1. The second-order valence-electron chi connectivity index (χ2n) is 4.41. The molecule has 0 atom stereocenters. The second kappa shape index (κ2) is 6.78. The summed E-state index contributed by atoms with van der Waals surface area (Å²) in [4.78, 5) is 22.7. The van der Waals surface area contributed by atoms with Crippen molar-refractivity contribution >= 4 is 35.2 Å². The highest BCUT2D eigenvalue weighted by atomic mass is 35.5. The van der Waals surface area contributed by atoms with Crippen LogP contribution in [-0.4, -0.2) is 22.1 Å². The van der Waals surface area contributed by atoms with E-state index in [1.807, 2.05) is 0 Å². The number of carbonyl (C=O) groups is 2. The highest BCUT2D eigenvalue weighted by Crippen LogP contribution is 2.21. The van der Waals surface area contributed by atoms with E-state index in [1.54, 1.807) is 30.3 Å². The van der Waals surface area contributed by atoms with Gasteiger partial charge in [-0.05, 0) is 42.0 Å². The van der Waals surface area contributed by atoms with Crippen LogP contribution >= 0.6 is 11.6 Å². The first kappa shape index (κ1) is 15.6. The van der Waals surface area contributed by atoms with Crippen LogP contribution in [0, 0.1) is 0 Å². The summed E-state index contributed by atoms with van der Waals surface area (Å²) in [6.45, 7) is 0. The van der Waals surface area contributed by atoms with Crippen molar-refractivity contribution in [1.82, 2.24) is 0 Å². The third-order valence-electron chi connectivity index (χ3n) is 2.79. The van der Waals surface area contributed by atoms with Crippen molar-refractivity contribution in [3.05, 3.63) is 64.7 Å². The molecular formula is C16H12ClNO4. The number of amides is 1. The van der Waals surface area contributed by atoms with Crippen molar-refractivity contribution in [2.75, 3.05) is 5.32 Å². The fourth-order valence-corrected chi connectivity index (χ4v) is 1.84. The molecule has 0 radical (unpaired) electrons. The Labute approximate surface area is 131 Å². The normalized spacial score (nSPS) is 10.6. The van der Waals surface area contributed by atoms with Crippen LogP contribution in [0.25, 0.3) is 6.08 Å². The largest absolute Gasteiger partial charge is 0.507 e. The number of hydrogen-bond acceptors (Lipinski definition) is 3. The van der Waals surface area contributed by atoms with E-state index in [-0.39, 0.29) is 17.0 Å². The minimum absolute atomic E-state index is 0.278. The average molecular weight is 318 g/mol. The van der Waals surface area contributed by atoms with Gasteiger partial charge in [-0.1, -0.05) is 23.7 Å². The number of nitrogens with one attached hydrogen (secondary N) is 1. The first-order valence-corrected chi connectivity index (χ1v) is 6.64. The molecule has 0 aliphatic rings. The van der Waals surface area contributed by atoms with Gasteiger partial charge in [-0.15, -0.1) is 0 Å². The zero-order chi connectivity index (χ0) is 16.1. The summed E-state index contributed by atoms with van der Waals surface area (Å²) < 4.78 is 0. The molecule has 0 aromatic heterocycles. The Balaban J connectivity index is 2.07. The van der Waals surface area contributed by atoms with Crippen LogP contribution in [0.5, 0.6) is 5.75 Å². The van der Waals surface area contributed by atoms with Crippen molar-refractivity contribution in [2.24, 2.45) is 0 Å². The van der Waals surface area contributed by atoms with Gasteiger partial charge < -0.3 is 15.5 Å². The summed E-state index contributed by atoms with van der Waals surface area (Å²) in [5, 5.41) is 21.4. The number of phenols is 1. The predicted molar refractivity (Wildman–Crippen MR) is 84.2 cm³/mol. The maximum absolute atomic E-state index is 11.8. The Hall–Kier alpha value is -2.79. The number of rotatable bonds is 4. The van der Waals surface area contributed by atoms with E-state index in [4.69, 9.17) is 16.7 Å². The first-order chi connectivity index (χ1) is 10.5. The van der Waals surface area contributed by atoms with E-state index in [0.717, 1.165) is 5.56 Å². The van der Waals surface area contributed by atoms with Crippen LogP contribution in [0.3, 0.4) is 0 Å². The lowest BCUT2D eigenvalue weighted by atomic mass is 10.1. The Morgan fingerprint density at radius 3 is 2.41 bits per heavy atom. The summed E-state index contributed by atoms with van der Waals surface area (Å²) in [7, 11) is 0. The van der Waals surface area contributed by atoms with E-state index in [0.29, 0.717) is 5.02 Å². The van der Waals surface area contributed by atoms with Gasteiger partial charge in [0.1, 0.15) is 11.3 Å². The third-order valence-corrected chi connectivity index (χ3v) is 3.04. The third kappa shape index (κ3) is 4.10. The summed E-state index contributed by atoms with van der Waals surface area (Å²) in [5.74, 6) is -2.05. The molecule has 0 fully saturated rings. The smallest absolute Gasteiger partial charge is 0.339 e. The van der Waals surface area contributed by atoms with Gasteiger partial charge in [0.15, 0.2) is 0 Å². The molecule has 0 aliphatic heterocycles. The monoisotopic (exact) mass is 317 g/mol. The first-order valence-electron chi connectivity index (χ1n) is 6.26. The number of halogens is 1. The number of hydrogen-bond donors (Lipinski definition) is 3. The number of benzene rings is 2. The molecule has 2 aromatic carbocycles. The molecule has 0 spiro atoms. The van der Waals surface area contributed by atoms with Gasteiger partial charge in [-0.2, -0.15) is 0 Å². The molecule has 2 rings (SSSR count). The molecule has 2 aromatic rings. The van der Waals surface area contributed by atoms with Crippen molar-refractivity contribution in [3.63, 3.8) is 0 Å². The van der Waals surface area contributed by atoms with Gasteiger partial charge in [-0.3, -0.25) is 4.79 Å². The van der Waals surface area contributed by atoms with Crippen molar-refractivity contribution in [3.8, 4) is 5.75 Å². The summed E-state index contributed by atoms with van der Waals surface area (Å²) in [5.41, 5.74) is 0.803. The number of carboxylic acids is 1. The Morgan fingerprint density at radius 1 is 1.09 bits per heavy atom. The Kier molecular flexibility index (Phi) is 4.80. The Bertz CT molecular complexity index is 738. The molecule has 3 N–H and O–H groups in total. The molecule has 1 amide bonds. The van der Waals surface area contributed by atoms with Gasteiger partial charge in [0.2, 0.25) is 5.91 Å². The van der Waals surface area contributed by atoms with E-state index >= 15 is 0 Å². The Morgan fingerprint density at radius 2 is 1.77 bits per heavy atom. The summed E-state index contributed by atoms with van der Waals surface area (Å²) in [6, 6.07) is 10.7. The molecule has 0 saturated carbocycles. The van der Waals surface area contributed by atoms with Gasteiger partial charge in [0, 0.05) is 16.8 Å². The molecule has 0 aliphatic carbocycles. The quantitative estimate of drug-likeness (QED) is 0.596.